The molecule has 1 aromatic heterocycles. The van der Waals surface area contributed by atoms with Gasteiger partial charge < -0.3 is 10.1 Å². The lowest BCUT2D eigenvalue weighted by atomic mass is 9.69. The van der Waals surface area contributed by atoms with Crippen molar-refractivity contribution in [3.8, 4) is 5.75 Å². The van der Waals surface area contributed by atoms with E-state index in [1.165, 1.54) is 30.5 Å². The first kappa shape index (κ1) is 17.3. The number of rotatable bonds is 6. The normalized spacial score (nSPS) is 19.4. The first-order chi connectivity index (χ1) is 12.0. The molecule has 0 saturated heterocycles. The van der Waals surface area contributed by atoms with Crippen molar-refractivity contribution in [3.05, 3.63) is 59.7 Å². The van der Waals surface area contributed by atoms with Crippen LogP contribution >= 0.6 is 0 Å². The van der Waals surface area contributed by atoms with Gasteiger partial charge in [0, 0.05) is 5.92 Å². The van der Waals surface area contributed by atoms with Gasteiger partial charge in [0.1, 0.15) is 11.6 Å². The molecule has 1 heterocycles. The van der Waals surface area contributed by atoms with Crippen molar-refractivity contribution in [1.82, 2.24) is 10.3 Å². The molecular weight excluding hydrogens is 333 g/mol. The molecule has 0 spiro atoms. The van der Waals surface area contributed by atoms with Crippen molar-refractivity contribution in [3.63, 3.8) is 0 Å². The maximum atomic E-state index is 13.0. The summed E-state index contributed by atoms with van der Waals surface area (Å²) in [6, 6.07) is 9.12. The number of aromatic nitrogens is 1. The molecular formula is C18H17F3N2O2. The number of pyridine rings is 1. The third-order valence-electron chi connectivity index (χ3n) is 4.38. The highest BCUT2D eigenvalue weighted by Gasteiger charge is 2.37. The van der Waals surface area contributed by atoms with Crippen LogP contribution in [0, 0.1) is 11.7 Å². The number of amides is 1. The third-order valence-corrected chi connectivity index (χ3v) is 4.38. The van der Waals surface area contributed by atoms with Crippen LogP contribution in [0.1, 0.15) is 30.0 Å². The minimum Gasteiger partial charge on any atom is -0.433 e. The van der Waals surface area contributed by atoms with Gasteiger partial charge in [0.25, 0.3) is 0 Å². The van der Waals surface area contributed by atoms with E-state index in [1.807, 2.05) is 0 Å². The summed E-state index contributed by atoms with van der Waals surface area (Å²) in [4.78, 5) is 16.3. The van der Waals surface area contributed by atoms with Crippen molar-refractivity contribution in [1.29, 1.82) is 0 Å². The van der Waals surface area contributed by atoms with Gasteiger partial charge in [-0.25, -0.2) is 4.39 Å². The highest BCUT2D eigenvalue weighted by atomic mass is 19.3. The molecule has 2 atom stereocenters. The fourth-order valence-corrected chi connectivity index (χ4v) is 2.92. The molecule has 4 nitrogen and oxygen atoms in total. The summed E-state index contributed by atoms with van der Waals surface area (Å²) in [6.07, 6.45) is 2.86. The Kier molecular flexibility index (Phi) is 5.21. The lowest BCUT2D eigenvalue weighted by Crippen LogP contribution is -2.39. The number of halogens is 3. The summed E-state index contributed by atoms with van der Waals surface area (Å²) in [5.74, 6) is -0.465. The molecule has 1 saturated carbocycles. The molecule has 1 fully saturated rings. The molecule has 25 heavy (non-hydrogen) atoms. The predicted molar refractivity (Wildman–Crippen MR) is 84.6 cm³/mol. The summed E-state index contributed by atoms with van der Waals surface area (Å²) in [5.41, 5.74) is 1.51. The second-order valence-corrected chi connectivity index (χ2v) is 5.92. The van der Waals surface area contributed by atoms with Crippen molar-refractivity contribution < 1.29 is 22.7 Å². The Morgan fingerprint density at radius 2 is 1.96 bits per heavy atom. The number of hydrogen-bond donors (Lipinski definition) is 1. The Bertz CT molecular complexity index is 720. The van der Waals surface area contributed by atoms with Crippen LogP contribution < -0.4 is 10.1 Å². The first-order valence-electron chi connectivity index (χ1n) is 7.96. The number of alkyl halides is 2. The Hall–Kier alpha value is -2.57. The number of nitrogens with one attached hydrogen (secondary N) is 1. The number of carbonyl (C=O) groups is 1. The molecule has 2 aromatic rings. The van der Waals surface area contributed by atoms with Crippen LogP contribution in [-0.4, -0.2) is 17.5 Å². The van der Waals surface area contributed by atoms with E-state index in [-0.39, 0.29) is 35.9 Å². The largest absolute Gasteiger partial charge is 0.433 e. The Morgan fingerprint density at radius 3 is 2.52 bits per heavy atom. The summed E-state index contributed by atoms with van der Waals surface area (Å²) in [5, 5.41) is 2.81. The molecule has 1 aliphatic rings. The van der Waals surface area contributed by atoms with Crippen LogP contribution in [0.15, 0.2) is 42.6 Å². The van der Waals surface area contributed by atoms with Gasteiger partial charge in [0.05, 0.1) is 18.4 Å². The van der Waals surface area contributed by atoms with E-state index >= 15 is 0 Å². The fourth-order valence-electron chi connectivity index (χ4n) is 2.92. The van der Waals surface area contributed by atoms with E-state index in [1.54, 1.807) is 12.1 Å². The van der Waals surface area contributed by atoms with Crippen molar-refractivity contribution in [2.24, 2.45) is 5.92 Å². The van der Waals surface area contributed by atoms with E-state index in [2.05, 4.69) is 15.0 Å². The van der Waals surface area contributed by atoms with Gasteiger partial charge >= 0.3 is 6.61 Å². The molecule has 2 unspecified atom stereocenters. The highest BCUT2D eigenvalue weighted by Crippen LogP contribution is 2.42. The van der Waals surface area contributed by atoms with Crippen molar-refractivity contribution in [2.45, 2.75) is 31.9 Å². The standard InChI is InChI=1S/C18H17F3N2O2/c19-12-3-1-11(2-4-12)15-7-8-16(15)17(24)23-9-13-5-6-14(10-22-13)25-18(20)21/h1-6,10,15-16,18H,7-9H2,(H,23,24). The third kappa shape index (κ3) is 4.29. The highest BCUT2D eigenvalue weighted by molar-refractivity contribution is 5.80. The van der Waals surface area contributed by atoms with Gasteiger partial charge in [-0.15, -0.1) is 0 Å². The van der Waals surface area contributed by atoms with Gasteiger partial charge in [-0.2, -0.15) is 8.78 Å². The molecule has 7 heteroatoms. The SMILES string of the molecule is O=C(NCc1ccc(OC(F)F)cn1)C1CCC1c1ccc(F)cc1. The molecule has 0 aliphatic heterocycles. The molecule has 1 aliphatic carbocycles. The topological polar surface area (TPSA) is 51.2 Å². The number of hydrogen-bond acceptors (Lipinski definition) is 3. The van der Waals surface area contributed by atoms with E-state index in [9.17, 15) is 18.0 Å². The quantitative estimate of drug-likeness (QED) is 0.866. The summed E-state index contributed by atoms with van der Waals surface area (Å²) < 4.78 is 41.4. The molecule has 0 radical (unpaired) electrons. The van der Waals surface area contributed by atoms with Crippen LogP contribution in [0.25, 0.3) is 0 Å². The Balaban J connectivity index is 1.53. The maximum absolute atomic E-state index is 13.0. The van der Waals surface area contributed by atoms with Gasteiger partial charge in [0.15, 0.2) is 0 Å². The number of carbonyl (C=O) groups excluding carboxylic acids is 1. The average molecular weight is 350 g/mol. The summed E-state index contributed by atoms with van der Waals surface area (Å²) in [7, 11) is 0. The minimum atomic E-state index is -2.89. The van der Waals surface area contributed by atoms with Crippen LogP contribution in [0.5, 0.6) is 5.75 Å². The van der Waals surface area contributed by atoms with Crippen LogP contribution in [0.3, 0.4) is 0 Å². The molecule has 3 rings (SSSR count). The lowest BCUT2D eigenvalue weighted by molar-refractivity contribution is -0.128. The smallest absolute Gasteiger partial charge is 0.387 e. The summed E-state index contributed by atoms with van der Waals surface area (Å²) in [6.45, 7) is -2.69. The first-order valence-corrected chi connectivity index (χ1v) is 7.96. The zero-order valence-electron chi connectivity index (χ0n) is 13.3. The van der Waals surface area contributed by atoms with E-state index in [4.69, 9.17) is 0 Å². The zero-order valence-corrected chi connectivity index (χ0v) is 13.3. The maximum Gasteiger partial charge on any atom is 0.387 e. The number of ether oxygens (including phenoxy) is 1. The molecule has 1 amide bonds. The molecule has 0 bridgehead atoms. The van der Waals surface area contributed by atoms with Gasteiger partial charge in [-0.1, -0.05) is 12.1 Å². The number of benzene rings is 1. The van der Waals surface area contributed by atoms with Gasteiger partial charge in [0.2, 0.25) is 5.91 Å². The molecule has 1 N–H and O–H groups in total. The van der Waals surface area contributed by atoms with Gasteiger partial charge in [-0.05, 0) is 48.6 Å². The monoisotopic (exact) mass is 350 g/mol. The lowest BCUT2D eigenvalue weighted by Gasteiger charge is -2.35. The van der Waals surface area contributed by atoms with E-state index in [0.29, 0.717) is 5.69 Å². The van der Waals surface area contributed by atoms with Crippen LogP contribution in [-0.2, 0) is 11.3 Å². The number of nitrogens with zero attached hydrogens (tertiary/aromatic N) is 1. The van der Waals surface area contributed by atoms with Gasteiger partial charge in [-0.3, -0.25) is 9.78 Å². The van der Waals surface area contributed by atoms with Crippen LogP contribution in [0.4, 0.5) is 13.2 Å². The zero-order chi connectivity index (χ0) is 17.8. The predicted octanol–water partition coefficient (Wildman–Crippen LogP) is 3.63. The van der Waals surface area contributed by atoms with E-state index in [0.717, 1.165) is 18.4 Å². The average Bonchev–Trinajstić information content (AvgIpc) is 2.55. The summed E-state index contributed by atoms with van der Waals surface area (Å²) >= 11 is 0. The molecule has 132 valence electrons. The van der Waals surface area contributed by atoms with Crippen molar-refractivity contribution >= 4 is 5.91 Å². The van der Waals surface area contributed by atoms with Crippen molar-refractivity contribution in [2.75, 3.05) is 0 Å². The fraction of sp³-hybridized carbons (Fsp3) is 0.333. The Morgan fingerprint density at radius 1 is 1.20 bits per heavy atom. The second-order valence-electron chi connectivity index (χ2n) is 5.92. The Labute approximate surface area is 143 Å². The molecule has 1 aromatic carbocycles. The van der Waals surface area contributed by atoms with Crippen LogP contribution in [0.2, 0.25) is 0 Å². The van der Waals surface area contributed by atoms with E-state index < -0.39 is 6.61 Å². The minimum absolute atomic E-state index is 0.0274. The second kappa shape index (κ2) is 7.55.